The Morgan fingerprint density at radius 1 is 0.882 bits per heavy atom. The van der Waals surface area contributed by atoms with E-state index in [9.17, 15) is 13.2 Å². The number of nitrogens with one attached hydrogen (secondary N) is 2. The van der Waals surface area contributed by atoms with E-state index in [1.807, 2.05) is 31.2 Å². The molecule has 2 N–H and O–H groups in total. The minimum Gasteiger partial charge on any atom is -0.494 e. The summed E-state index contributed by atoms with van der Waals surface area (Å²) in [7, 11) is 0. The highest BCUT2D eigenvalue weighted by atomic mass is 19.4. The summed E-state index contributed by atoms with van der Waals surface area (Å²) in [4.78, 5) is 8.01. The third-order valence-electron chi connectivity index (χ3n) is 5.19. The fraction of sp³-hybridized carbons (Fsp3) is 0.385. The standard InChI is InChI=1S/C26H31F3N4O/c1-3-5-6-7-9-19-12-14-20(15-13-19)32-25-30-18-23(26(27,28)29)24(33-25)31-21-10-8-11-22(17-21)34-16-4-2/h8,10-15,17-18H,3-7,9,16H2,1-2H3,(H2,30,31,32,33). The van der Waals surface area contributed by atoms with Gasteiger partial charge in [-0.2, -0.15) is 18.2 Å². The molecule has 0 saturated carbocycles. The van der Waals surface area contributed by atoms with Crippen molar-refractivity contribution in [1.29, 1.82) is 0 Å². The number of rotatable bonds is 12. The molecular weight excluding hydrogens is 441 g/mol. The molecule has 5 nitrogen and oxygen atoms in total. The summed E-state index contributed by atoms with van der Waals surface area (Å²) in [5.74, 6) is 0.317. The lowest BCUT2D eigenvalue weighted by Gasteiger charge is -2.15. The molecule has 0 spiro atoms. The predicted molar refractivity (Wildman–Crippen MR) is 130 cm³/mol. The Hall–Kier alpha value is -3.29. The molecule has 0 bridgehead atoms. The van der Waals surface area contributed by atoms with Crippen molar-refractivity contribution in [3.05, 3.63) is 65.9 Å². The molecule has 0 saturated heterocycles. The molecule has 0 radical (unpaired) electrons. The van der Waals surface area contributed by atoms with Crippen molar-refractivity contribution in [2.24, 2.45) is 0 Å². The quantitative estimate of drug-likeness (QED) is 0.262. The Morgan fingerprint density at radius 2 is 1.68 bits per heavy atom. The van der Waals surface area contributed by atoms with Crippen LogP contribution in [0, 0.1) is 0 Å². The van der Waals surface area contributed by atoms with E-state index in [0.717, 1.165) is 25.5 Å². The van der Waals surface area contributed by atoms with Crippen LogP contribution in [0.3, 0.4) is 0 Å². The van der Waals surface area contributed by atoms with Gasteiger partial charge in [-0.1, -0.05) is 51.3 Å². The fourth-order valence-corrected chi connectivity index (χ4v) is 3.40. The van der Waals surface area contributed by atoms with Gasteiger partial charge in [0, 0.05) is 23.6 Å². The second-order valence-corrected chi connectivity index (χ2v) is 8.09. The van der Waals surface area contributed by atoms with Crippen molar-refractivity contribution < 1.29 is 17.9 Å². The number of hydrogen-bond donors (Lipinski definition) is 2. The van der Waals surface area contributed by atoms with Crippen LogP contribution < -0.4 is 15.4 Å². The van der Waals surface area contributed by atoms with E-state index in [1.165, 1.54) is 24.8 Å². The van der Waals surface area contributed by atoms with E-state index in [1.54, 1.807) is 24.3 Å². The van der Waals surface area contributed by atoms with E-state index >= 15 is 0 Å². The second-order valence-electron chi connectivity index (χ2n) is 8.09. The maximum Gasteiger partial charge on any atom is 0.421 e. The third-order valence-corrected chi connectivity index (χ3v) is 5.19. The van der Waals surface area contributed by atoms with Gasteiger partial charge < -0.3 is 15.4 Å². The molecule has 34 heavy (non-hydrogen) atoms. The molecule has 0 fully saturated rings. The van der Waals surface area contributed by atoms with Crippen molar-refractivity contribution >= 4 is 23.1 Å². The zero-order chi connectivity index (χ0) is 24.4. The fourth-order valence-electron chi connectivity index (χ4n) is 3.40. The zero-order valence-electron chi connectivity index (χ0n) is 19.6. The van der Waals surface area contributed by atoms with Crippen LogP contribution >= 0.6 is 0 Å². The van der Waals surface area contributed by atoms with Crippen LogP contribution in [0.5, 0.6) is 5.75 Å². The van der Waals surface area contributed by atoms with Crippen LogP contribution in [0.4, 0.5) is 36.3 Å². The number of aryl methyl sites for hydroxylation is 1. The van der Waals surface area contributed by atoms with Gasteiger partial charge in [0.05, 0.1) is 6.61 Å². The number of hydrogen-bond acceptors (Lipinski definition) is 5. The first kappa shape index (κ1) is 25.3. The van der Waals surface area contributed by atoms with Crippen molar-refractivity contribution in [2.75, 3.05) is 17.2 Å². The van der Waals surface area contributed by atoms with Crippen molar-refractivity contribution in [3.63, 3.8) is 0 Å². The van der Waals surface area contributed by atoms with Crippen LogP contribution in [-0.2, 0) is 12.6 Å². The highest BCUT2D eigenvalue weighted by Crippen LogP contribution is 2.35. The average molecular weight is 473 g/mol. The minimum atomic E-state index is -4.60. The molecule has 1 heterocycles. The van der Waals surface area contributed by atoms with E-state index in [-0.39, 0.29) is 11.8 Å². The first-order chi connectivity index (χ1) is 16.4. The van der Waals surface area contributed by atoms with Crippen molar-refractivity contribution in [1.82, 2.24) is 9.97 Å². The molecule has 0 aliphatic heterocycles. The maximum atomic E-state index is 13.6. The normalized spacial score (nSPS) is 11.3. The van der Waals surface area contributed by atoms with Gasteiger partial charge in [0.25, 0.3) is 0 Å². The van der Waals surface area contributed by atoms with Crippen LogP contribution in [0.1, 0.15) is 57.1 Å². The highest BCUT2D eigenvalue weighted by Gasteiger charge is 2.35. The van der Waals surface area contributed by atoms with Gasteiger partial charge in [0.2, 0.25) is 5.95 Å². The smallest absolute Gasteiger partial charge is 0.421 e. The Bertz CT molecular complexity index is 1040. The Labute approximate surface area is 198 Å². The predicted octanol–water partition coefficient (Wildman–Crippen LogP) is 7.89. The molecule has 0 aliphatic carbocycles. The lowest BCUT2D eigenvalue weighted by atomic mass is 10.1. The number of halogens is 3. The van der Waals surface area contributed by atoms with Crippen molar-refractivity contribution in [3.8, 4) is 5.75 Å². The number of anilines is 4. The van der Waals surface area contributed by atoms with Crippen LogP contribution in [0.15, 0.2) is 54.7 Å². The van der Waals surface area contributed by atoms with E-state index in [2.05, 4.69) is 27.5 Å². The molecule has 0 aliphatic rings. The van der Waals surface area contributed by atoms with E-state index < -0.39 is 11.7 Å². The highest BCUT2D eigenvalue weighted by molar-refractivity contribution is 5.64. The molecule has 0 amide bonds. The van der Waals surface area contributed by atoms with E-state index in [4.69, 9.17) is 4.74 Å². The summed E-state index contributed by atoms with van der Waals surface area (Å²) in [6, 6.07) is 14.6. The van der Waals surface area contributed by atoms with E-state index in [0.29, 0.717) is 23.7 Å². The SMILES string of the molecule is CCCCCCc1ccc(Nc2ncc(C(F)(F)F)c(Nc3cccc(OCCC)c3)n2)cc1. The molecule has 1 aromatic heterocycles. The summed E-state index contributed by atoms with van der Waals surface area (Å²) in [6.07, 6.45) is 2.81. The first-order valence-corrected chi connectivity index (χ1v) is 11.7. The number of benzene rings is 2. The summed E-state index contributed by atoms with van der Waals surface area (Å²) in [5.41, 5.74) is 1.43. The Kier molecular flexibility index (Phi) is 9.13. The summed E-state index contributed by atoms with van der Waals surface area (Å²) in [5, 5.41) is 5.77. The lowest BCUT2D eigenvalue weighted by molar-refractivity contribution is -0.137. The molecular formula is C26H31F3N4O. The summed E-state index contributed by atoms with van der Waals surface area (Å²) < 4.78 is 46.3. The molecule has 0 unspecified atom stereocenters. The maximum absolute atomic E-state index is 13.6. The molecule has 3 aromatic rings. The molecule has 8 heteroatoms. The molecule has 3 rings (SSSR count). The topological polar surface area (TPSA) is 59.1 Å². The Morgan fingerprint density at radius 3 is 2.38 bits per heavy atom. The van der Waals surface area contributed by atoms with Gasteiger partial charge in [-0.25, -0.2) is 4.98 Å². The van der Waals surface area contributed by atoms with Crippen LogP contribution in [0.2, 0.25) is 0 Å². The van der Waals surface area contributed by atoms with Gasteiger partial charge in [-0.3, -0.25) is 0 Å². The number of nitrogens with zero attached hydrogens (tertiary/aromatic N) is 2. The van der Waals surface area contributed by atoms with Gasteiger partial charge in [-0.15, -0.1) is 0 Å². The average Bonchev–Trinajstić information content (AvgIpc) is 2.81. The first-order valence-electron chi connectivity index (χ1n) is 11.7. The van der Waals surface area contributed by atoms with Gasteiger partial charge >= 0.3 is 6.18 Å². The summed E-state index contributed by atoms with van der Waals surface area (Å²) >= 11 is 0. The Balaban J connectivity index is 1.75. The van der Waals surface area contributed by atoms with Gasteiger partial charge in [-0.05, 0) is 49.1 Å². The second kappa shape index (κ2) is 12.3. The number of alkyl halides is 3. The summed E-state index contributed by atoms with van der Waals surface area (Å²) in [6.45, 7) is 4.69. The monoisotopic (exact) mass is 472 g/mol. The van der Waals surface area contributed by atoms with Crippen molar-refractivity contribution in [2.45, 2.75) is 58.5 Å². The lowest BCUT2D eigenvalue weighted by Crippen LogP contribution is -2.12. The minimum absolute atomic E-state index is 0.0737. The van der Waals surface area contributed by atoms with Crippen LogP contribution in [0.25, 0.3) is 0 Å². The number of unbranched alkanes of at least 4 members (excludes halogenated alkanes) is 3. The van der Waals surface area contributed by atoms with Crippen LogP contribution in [-0.4, -0.2) is 16.6 Å². The number of aromatic nitrogens is 2. The van der Waals surface area contributed by atoms with Gasteiger partial charge in [0.1, 0.15) is 17.1 Å². The van der Waals surface area contributed by atoms with Gasteiger partial charge in [0.15, 0.2) is 0 Å². The zero-order valence-corrected chi connectivity index (χ0v) is 19.6. The molecule has 182 valence electrons. The molecule has 0 atom stereocenters. The largest absolute Gasteiger partial charge is 0.494 e. The third kappa shape index (κ3) is 7.64. The number of ether oxygens (including phenoxy) is 1. The molecule has 2 aromatic carbocycles.